The lowest BCUT2D eigenvalue weighted by atomic mass is 10.0. The van der Waals surface area contributed by atoms with Gasteiger partial charge in [0.2, 0.25) is 0 Å². The van der Waals surface area contributed by atoms with Crippen molar-refractivity contribution < 1.29 is 77.9 Å². The first-order valence-corrected chi connectivity index (χ1v) is 12.9. The van der Waals surface area contributed by atoms with Gasteiger partial charge in [0.15, 0.2) is 18.6 Å². The summed E-state index contributed by atoms with van der Waals surface area (Å²) in [7, 11) is -10.6. The van der Waals surface area contributed by atoms with Gasteiger partial charge in [-0.3, -0.25) is 23.4 Å². The summed E-state index contributed by atoms with van der Waals surface area (Å²) in [5.41, 5.74) is -1.33. The summed E-state index contributed by atoms with van der Waals surface area (Å²) in [4.78, 5) is 69.2. The van der Waals surface area contributed by atoms with Crippen molar-refractivity contribution in [1.29, 1.82) is 0 Å². The van der Waals surface area contributed by atoms with Gasteiger partial charge < -0.3 is 59.7 Å². The molecule has 0 bridgehead atoms. The van der Waals surface area contributed by atoms with Crippen molar-refractivity contribution in [3.8, 4) is 0 Å². The predicted octanol–water partition coefficient (Wildman–Crippen LogP) is -6.00. The van der Waals surface area contributed by atoms with Crippen molar-refractivity contribution in [2.45, 2.75) is 49.0 Å². The lowest BCUT2D eigenvalue weighted by Crippen LogP contribution is -2.48. The van der Waals surface area contributed by atoms with Crippen molar-refractivity contribution >= 4 is 21.9 Å². The van der Waals surface area contributed by atoms with Crippen LogP contribution in [0, 0.1) is 0 Å². The first-order valence-electron chi connectivity index (χ1n) is 9.79. The Kier molecular flexibility index (Phi) is 12.5. The molecule has 1 aromatic heterocycles. The molecule has 0 spiro atoms. The van der Waals surface area contributed by atoms with Gasteiger partial charge in [-0.2, -0.15) is 0 Å². The van der Waals surface area contributed by atoms with Gasteiger partial charge in [-0.1, -0.05) is 0 Å². The van der Waals surface area contributed by atoms with Crippen LogP contribution in [-0.4, -0.2) is 122 Å². The van der Waals surface area contributed by atoms with Gasteiger partial charge in [0.1, 0.15) is 36.6 Å². The number of aliphatic hydroxyl groups excluding tert-OH is 6. The van der Waals surface area contributed by atoms with Crippen LogP contribution in [-0.2, 0) is 27.7 Å². The van der Waals surface area contributed by atoms with E-state index in [0.717, 1.165) is 16.8 Å². The zero-order chi connectivity index (χ0) is 28.7. The molecule has 8 atom stereocenters. The molecule has 4 unspecified atom stereocenters. The third-order valence-corrected chi connectivity index (χ3v) is 5.57. The van der Waals surface area contributed by atoms with Crippen LogP contribution in [0.2, 0.25) is 0 Å². The SMILES string of the molecule is O=CC(OP(=O)(O)O)C(OP(=O)(O)O)C(O)C(O)CO.O=c1ccn([C@@H]2O[C@H](CO)[C@@H](O)[C@H]2O)c(=O)[nH]1. The number of hydrogen-bond acceptors (Lipinski definition) is 14. The fourth-order valence-electron chi connectivity index (χ4n) is 2.86. The standard InChI is InChI=1S/C9H12N2O6.C6H14O12P2/c12-3-4-6(14)7(15)8(17-4)11-2-1-5(13)10-9(11)16;7-1-3(9)5(10)6(18-20(14,15)16)4(2-8)17-19(11,12)13/h1-2,4,6-8,12,14-15H,3H2,(H,10,13,16);2-7,9-10H,1H2,(H2,11,12,13)(H2,14,15,16)/t4-,6-,7-,8-;/m1./s1. The van der Waals surface area contributed by atoms with Crippen LogP contribution in [0.25, 0.3) is 0 Å². The second-order valence-electron chi connectivity index (χ2n) is 7.24. The summed E-state index contributed by atoms with van der Waals surface area (Å²) in [6.45, 7) is -1.56. The van der Waals surface area contributed by atoms with Gasteiger partial charge in [0.25, 0.3) is 5.56 Å². The number of aromatic nitrogens is 2. The largest absolute Gasteiger partial charge is 0.470 e. The highest BCUT2D eigenvalue weighted by atomic mass is 31.2. The number of hydrogen-bond donors (Lipinski definition) is 11. The van der Waals surface area contributed by atoms with E-state index in [1.807, 2.05) is 4.98 Å². The number of aldehydes is 1. The second-order valence-corrected chi connectivity index (χ2v) is 9.63. The van der Waals surface area contributed by atoms with Crippen LogP contribution >= 0.6 is 15.6 Å². The lowest BCUT2D eigenvalue weighted by Gasteiger charge is -2.29. The topological polar surface area (TPSA) is 336 Å². The van der Waals surface area contributed by atoms with Crippen molar-refractivity contribution in [1.82, 2.24) is 9.55 Å². The first-order chi connectivity index (χ1) is 16.9. The van der Waals surface area contributed by atoms with Crippen molar-refractivity contribution in [2.75, 3.05) is 13.2 Å². The normalized spacial score (nSPS) is 25.5. The maximum absolute atomic E-state index is 11.4. The molecule has 2 rings (SSSR count). The zero-order valence-electron chi connectivity index (χ0n) is 18.3. The second kappa shape index (κ2) is 13.9. The quantitative estimate of drug-likeness (QED) is 0.0851. The van der Waals surface area contributed by atoms with Crippen molar-refractivity contribution in [3.05, 3.63) is 33.1 Å². The minimum atomic E-state index is -5.30. The van der Waals surface area contributed by atoms with Gasteiger partial charge >= 0.3 is 21.3 Å². The highest BCUT2D eigenvalue weighted by molar-refractivity contribution is 7.46. The highest BCUT2D eigenvalue weighted by Crippen LogP contribution is 2.43. The molecule has 20 nitrogen and oxygen atoms in total. The summed E-state index contributed by atoms with van der Waals surface area (Å²) in [5, 5.41) is 55.3. The van der Waals surface area contributed by atoms with Crippen LogP contribution in [0.5, 0.6) is 0 Å². The van der Waals surface area contributed by atoms with E-state index in [1.165, 1.54) is 0 Å². The molecule has 0 radical (unpaired) electrons. The summed E-state index contributed by atoms with van der Waals surface area (Å²) in [6, 6.07) is 1.09. The third kappa shape index (κ3) is 10.2. The Morgan fingerprint density at radius 2 is 1.62 bits per heavy atom. The number of aliphatic hydroxyl groups is 6. The smallest absolute Gasteiger partial charge is 0.394 e. The Morgan fingerprint density at radius 1 is 1.05 bits per heavy atom. The molecule has 214 valence electrons. The molecule has 2 heterocycles. The minimum absolute atomic E-state index is 0.299. The number of H-pyrrole nitrogens is 1. The maximum atomic E-state index is 11.4. The number of ether oxygens (including phenoxy) is 1. The minimum Gasteiger partial charge on any atom is -0.394 e. The van der Waals surface area contributed by atoms with Gasteiger partial charge in [0.05, 0.1) is 13.2 Å². The molecule has 1 fully saturated rings. The van der Waals surface area contributed by atoms with E-state index in [2.05, 4.69) is 9.05 Å². The average Bonchev–Trinajstić information content (AvgIpc) is 3.07. The van der Waals surface area contributed by atoms with Gasteiger partial charge in [0, 0.05) is 12.3 Å². The van der Waals surface area contributed by atoms with E-state index in [4.69, 9.17) is 39.6 Å². The van der Waals surface area contributed by atoms with Gasteiger partial charge in [-0.15, -0.1) is 0 Å². The maximum Gasteiger partial charge on any atom is 0.470 e. The van der Waals surface area contributed by atoms with Crippen molar-refractivity contribution in [3.63, 3.8) is 0 Å². The molecule has 0 aliphatic carbocycles. The number of aromatic amines is 1. The van der Waals surface area contributed by atoms with Crippen LogP contribution in [0.3, 0.4) is 0 Å². The van der Waals surface area contributed by atoms with Gasteiger partial charge in [-0.25, -0.2) is 13.9 Å². The molecule has 1 aliphatic heterocycles. The summed E-state index contributed by atoms with van der Waals surface area (Å²) in [6.07, 6.45) is -12.8. The Balaban J connectivity index is 0.000000373. The zero-order valence-corrected chi connectivity index (χ0v) is 20.1. The van der Waals surface area contributed by atoms with Gasteiger partial charge in [-0.05, 0) is 0 Å². The Bertz CT molecular complexity index is 1080. The van der Waals surface area contributed by atoms with E-state index in [9.17, 15) is 38.8 Å². The monoisotopic (exact) mass is 584 g/mol. The fraction of sp³-hybridized carbons (Fsp3) is 0.667. The summed E-state index contributed by atoms with van der Waals surface area (Å²) < 4.78 is 35.2. The average molecular weight is 584 g/mol. The molecule has 1 aromatic rings. The fourth-order valence-corrected chi connectivity index (χ4v) is 3.91. The third-order valence-electron chi connectivity index (χ3n) is 4.54. The Morgan fingerprint density at radius 3 is 2.03 bits per heavy atom. The molecule has 37 heavy (non-hydrogen) atoms. The molecule has 11 N–H and O–H groups in total. The molecule has 1 saturated heterocycles. The number of nitrogens with zero attached hydrogens (tertiary/aromatic N) is 1. The van der Waals surface area contributed by atoms with Crippen molar-refractivity contribution in [2.24, 2.45) is 0 Å². The predicted molar refractivity (Wildman–Crippen MR) is 113 cm³/mol. The molecule has 22 heteroatoms. The van der Waals surface area contributed by atoms with E-state index in [1.54, 1.807) is 0 Å². The van der Waals surface area contributed by atoms with Crippen LogP contribution < -0.4 is 11.2 Å². The van der Waals surface area contributed by atoms with E-state index in [-0.39, 0.29) is 6.29 Å². The molecule has 0 aromatic carbocycles. The molecule has 0 saturated carbocycles. The van der Waals surface area contributed by atoms with E-state index in [0.29, 0.717) is 0 Å². The highest BCUT2D eigenvalue weighted by Gasteiger charge is 2.44. The van der Waals surface area contributed by atoms with Crippen LogP contribution in [0.4, 0.5) is 0 Å². The number of phosphoric ester groups is 2. The molecular weight excluding hydrogens is 558 g/mol. The molecular formula is C15H26N2O18P2. The number of carbonyl (C=O) groups is 1. The Hall–Kier alpha value is -1.71. The number of phosphoric acid groups is 2. The first kappa shape index (κ1) is 33.3. The summed E-state index contributed by atoms with van der Waals surface area (Å²) in [5.74, 6) is 0. The number of rotatable bonds is 11. The van der Waals surface area contributed by atoms with E-state index >= 15 is 0 Å². The number of carbonyl (C=O) groups excluding carboxylic acids is 1. The summed E-state index contributed by atoms with van der Waals surface area (Å²) >= 11 is 0. The Labute approximate surface area is 205 Å². The number of nitrogens with one attached hydrogen (secondary N) is 1. The molecule has 0 amide bonds. The lowest BCUT2D eigenvalue weighted by molar-refractivity contribution is -0.133. The molecule has 1 aliphatic rings. The van der Waals surface area contributed by atoms with E-state index < -0.39 is 89.1 Å². The van der Waals surface area contributed by atoms with Crippen LogP contribution in [0.1, 0.15) is 6.23 Å². The van der Waals surface area contributed by atoms with Crippen LogP contribution in [0.15, 0.2) is 21.9 Å².